The van der Waals surface area contributed by atoms with Crippen LogP contribution >= 0.6 is 11.3 Å². The van der Waals surface area contributed by atoms with Gasteiger partial charge in [-0.25, -0.2) is 5.43 Å². The van der Waals surface area contributed by atoms with Gasteiger partial charge in [0.05, 0.1) is 12.3 Å². The van der Waals surface area contributed by atoms with Crippen molar-refractivity contribution in [2.45, 2.75) is 26.3 Å². The summed E-state index contributed by atoms with van der Waals surface area (Å²) in [7, 11) is 0. The number of nitrogens with one attached hydrogen (secondary N) is 1. The Hall–Kier alpha value is -1.10. The van der Waals surface area contributed by atoms with Gasteiger partial charge in [-0.1, -0.05) is 6.92 Å². The molecule has 0 radical (unpaired) electrons. The van der Waals surface area contributed by atoms with E-state index in [2.05, 4.69) is 30.7 Å². The predicted molar refractivity (Wildman–Crippen MR) is 66.3 cm³/mol. The average Bonchev–Trinajstić information content (AvgIpc) is 2.90. The molecule has 1 atom stereocenters. The fourth-order valence-corrected chi connectivity index (χ4v) is 2.68. The third-order valence-corrected chi connectivity index (χ3v) is 3.65. The lowest BCUT2D eigenvalue weighted by molar-refractivity contribution is 0.502. The minimum Gasteiger partial charge on any atom is -0.469 e. The Labute approximate surface area is 99.2 Å². The van der Waals surface area contributed by atoms with Crippen molar-refractivity contribution in [2.24, 2.45) is 5.84 Å². The molecular formula is C12H16N2OS. The third kappa shape index (κ3) is 1.91. The zero-order valence-corrected chi connectivity index (χ0v) is 10.3. The normalized spacial score (nSPS) is 12.9. The molecule has 3 nitrogen and oxygen atoms in total. The van der Waals surface area contributed by atoms with Gasteiger partial charge in [-0.05, 0) is 30.0 Å². The maximum absolute atomic E-state index is 5.66. The van der Waals surface area contributed by atoms with E-state index >= 15 is 0 Å². The number of furan rings is 1. The Balaban J connectivity index is 2.40. The molecule has 2 rings (SSSR count). The van der Waals surface area contributed by atoms with Crippen molar-refractivity contribution in [3.8, 4) is 0 Å². The van der Waals surface area contributed by atoms with Crippen molar-refractivity contribution in [1.29, 1.82) is 0 Å². The zero-order valence-electron chi connectivity index (χ0n) is 9.49. The van der Waals surface area contributed by atoms with E-state index in [9.17, 15) is 0 Å². The first-order chi connectivity index (χ1) is 7.77. The largest absolute Gasteiger partial charge is 0.469 e. The molecule has 2 aromatic rings. The Bertz CT molecular complexity index is 461. The van der Waals surface area contributed by atoms with Gasteiger partial charge >= 0.3 is 0 Å². The standard InChI is InChI=1S/C12H16N2OS/c1-3-11-10(4-6-15-11)12(14-13)9-5-7-16-8(9)2/h4-7,12,14H,3,13H2,1-2H3. The molecule has 0 saturated carbocycles. The summed E-state index contributed by atoms with van der Waals surface area (Å²) in [5, 5.41) is 2.08. The molecule has 0 aliphatic rings. The van der Waals surface area contributed by atoms with Crippen LogP contribution in [0.4, 0.5) is 0 Å². The topological polar surface area (TPSA) is 51.2 Å². The van der Waals surface area contributed by atoms with E-state index in [0.717, 1.165) is 17.7 Å². The highest BCUT2D eigenvalue weighted by atomic mass is 32.1. The molecule has 2 aromatic heterocycles. The summed E-state index contributed by atoms with van der Waals surface area (Å²) in [6.45, 7) is 4.19. The highest BCUT2D eigenvalue weighted by Gasteiger charge is 2.19. The molecule has 2 heterocycles. The molecule has 0 bridgehead atoms. The molecule has 3 N–H and O–H groups in total. The lowest BCUT2D eigenvalue weighted by atomic mass is 10.00. The maximum atomic E-state index is 5.66. The first-order valence-corrected chi connectivity index (χ1v) is 6.22. The number of hydrogen-bond donors (Lipinski definition) is 2. The maximum Gasteiger partial charge on any atom is 0.108 e. The number of rotatable bonds is 4. The summed E-state index contributed by atoms with van der Waals surface area (Å²) in [4.78, 5) is 1.28. The van der Waals surface area contributed by atoms with E-state index in [1.54, 1.807) is 17.6 Å². The molecule has 0 aliphatic heterocycles. The molecule has 1 unspecified atom stereocenters. The molecule has 0 aliphatic carbocycles. The minimum atomic E-state index is 0.0277. The zero-order chi connectivity index (χ0) is 11.5. The lowest BCUT2D eigenvalue weighted by Crippen LogP contribution is -2.29. The van der Waals surface area contributed by atoms with Gasteiger partial charge in [0.15, 0.2) is 0 Å². The van der Waals surface area contributed by atoms with E-state index in [4.69, 9.17) is 10.3 Å². The smallest absolute Gasteiger partial charge is 0.108 e. The van der Waals surface area contributed by atoms with Crippen LogP contribution in [0.25, 0.3) is 0 Å². The van der Waals surface area contributed by atoms with Gasteiger partial charge in [-0.2, -0.15) is 0 Å². The van der Waals surface area contributed by atoms with Crippen molar-refractivity contribution in [1.82, 2.24) is 5.43 Å². The fourth-order valence-electron chi connectivity index (χ4n) is 1.94. The molecule has 0 spiro atoms. The summed E-state index contributed by atoms with van der Waals surface area (Å²) in [5.41, 5.74) is 5.23. The highest BCUT2D eigenvalue weighted by molar-refractivity contribution is 7.10. The van der Waals surface area contributed by atoms with Crippen LogP contribution in [0.2, 0.25) is 0 Å². The third-order valence-electron chi connectivity index (χ3n) is 2.79. The molecule has 0 saturated heterocycles. The van der Waals surface area contributed by atoms with Crippen LogP contribution in [0.1, 0.15) is 34.7 Å². The highest BCUT2D eigenvalue weighted by Crippen LogP contribution is 2.30. The van der Waals surface area contributed by atoms with Gasteiger partial charge in [-0.3, -0.25) is 5.84 Å². The van der Waals surface area contributed by atoms with Crippen LogP contribution in [-0.2, 0) is 6.42 Å². The molecular weight excluding hydrogens is 220 g/mol. The van der Waals surface area contributed by atoms with Crippen molar-refractivity contribution in [2.75, 3.05) is 0 Å². The van der Waals surface area contributed by atoms with E-state index in [1.807, 2.05) is 6.07 Å². The number of hydrazine groups is 1. The van der Waals surface area contributed by atoms with Crippen molar-refractivity contribution < 1.29 is 4.42 Å². The van der Waals surface area contributed by atoms with Crippen molar-refractivity contribution >= 4 is 11.3 Å². The summed E-state index contributed by atoms with van der Waals surface area (Å²) < 4.78 is 5.44. The van der Waals surface area contributed by atoms with Gasteiger partial charge in [0.2, 0.25) is 0 Å². The Morgan fingerprint density at radius 3 is 2.81 bits per heavy atom. The summed E-state index contributed by atoms with van der Waals surface area (Å²) in [5.74, 6) is 6.65. The number of nitrogens with two attached hydrogens (primary N) is 1. The van der Waals surface area contributed by atoms with Crippen molar-refractivity contribution in [3.05, 3.63) is 45.5 Å². The second kappa shape index (κ2) is 4.82. The first-order valence-electron chi connectivity index (χ1n) is 5.34. The first kappa shape index (κ1) is 11.4. The quantitative estimate of drug-likeness (QED) is 0.634. The Morgan fingerprint density at radius 1 is 1.44 bits per heavy atom. The number of aryl methyl sites for hydroxylation is 2. The van der Waals surface area contributed by atoms with Gasteiger partial charge < -0.3 is 4.42 Å². The van der Waals surface area contributed by atoms with E-state index < -0.39 is 0 Å². The molecule has 86 valence electrons. The number of thiophene rings is 1. The Kier molecular flexibility index (Phi) is 3.43. The SMILES string of the molecule is CCc1occc1C(NN)c1ccsc1C. The van der Waals surface area contributed by atoms with Crippen LogP contribution in [0.15, 0.2) is 28.2 Å². The van der Waals surface area contributed by atoms with Crippen LogP contribution in [0.3, 0.4) is 0 Å². The van der Waals surface area contributed by atoms with Gasteiger partial charge in [-0.15, -0.1) is 11.3 Å². The molecule has 0 aromatic carbocycles. The monoisotopic (exact) mass is 236 g/mol. The average molecular weight is 236 g/mol. The Morgan fingerprint density at radius 2 is 2.25 bits per heavy atom. The number of hydrogen-bond acceptors (Lipinski definition) is 4. The van der Waals surface area contributed by atoms with E-state index in [1.165, 1.54) is 10.4 Å². The van der Waals surface area contributed by atoms with Crippen LogP contribution in [-0.4, -0.2) is 0 Å². The summed E-state index contributed by atoms with van der Waals surface area (Å²) in [6, 6.07) is 4.12. The van der Waals surface area contributed by atoms with Gasteiger partial charge in [0.25, 0.3) is 0 Å². The second-order valence-electron chi connectivity index (χ2n) is 3.68. The van der Waals surface area contributed by atoms with E-state index in [-0.39, 0.29) is 6.04 Å². The molecule has 4 heteroatoms. The van der Waals surface area contributed by atoms with E-state index in [0.29, 0.717) is 0 Å². The van der Waals surface area contributed by atoms with Crippen molar-refractivity contribution in [3.63, 3.8) is 0 Å². The molecule has 0 fully saturated rings. The van der Waals surface area contributed by atoms with Crippen LogP contribution < -0.4 is 11.3 Å². The summed E-state index contributed by atoms with van der Waals surface area (Å²) in [6.07, 6.45) is 2.60. The fraction of sp³-hybridized carbons (Fsp3) is 0.333. The summed E-state index contributed by atoms with van der Waals surface area (Å²) >= 11 is 1.73. The molecule has 16 heavy (non-hydrogen) atoms. The lowest BCUT2D eigenvalue weighted by Gasteiger charge is -2.15. The predicted octanol–water partition coefficient (Wildman–Crippen LogP) is 2.76. The van der Waals surface area contributed by atoms with Crippen LogP contribution in [0.5, 0.6) is 0 Å². The van der Waals surface area contributed by atoms with Gasteiger partial charge in [0, 0.05) is 16.9 Å². The minimum absolute atomic E-state index is 0.0277. The van der Waals surface area contributed by atoms with Crippen LogP contribution in [0, 0.1) is 6.92 Å². The van der Waals surface area contributed by atoms with Gasteiger partial charge in [0.1, 0.15) is 5.76 Å². The second-order valence-corrected chi connectivity index (χ2v) is 4.80. The molecule has 0 amide bonds.